The Balaban J connectivity index is 1.48. The zero-order valence-electron chi connectivity index (χ0n) is 12.7. The topological polar surface area (TPSA) is 83.8 Å². The number of nitrogens with zero attached hydrogens (tertiary/aromatic N) is 2. The Morgan fingerprint density at radius 3 is 2.75 bits per heavy atom. The van der Waals surface area contributed by atoms with Crippen molar-refractivity contribution in [3.63, 3.8) is 0 Å². The fourth-order valence-corrected chi connectivity index (χ4v) is 2.53. The third kappa shape index (κ3) is 2.65. The molecular formula is C18H14N4O2. The van der Waals surface area contributed by atoms with Crippen LogP contribution < -0.4 is 5.32 Å². The van der Waals surface area contributed by atoms with Gasteiger partial charge in [0, 0.05) is 17.0 Å². The Kier molecular flexibility index (Phi) is 3.55. The van der Waals surface area contributed by atoms with Crippen LogP contribution in [0, 0.1) is 0 Å². The molecule has 0 unspecified atom stereocenters. The summed E-state index contributed by atoms with van der Waals surface area (Å²) in [7, 11) is 0. The van der Waals surface area contributed by atoms with Gasteiger partial charge in [-0.3, -0.25) is 9.89 Å². The van der Waals surface area contributed by atoms with Crippen LogP contribution in [0.2, 0.25) is 0 Å². The van der Waals surface area contributed by atoms with Gasteiger partial charge in [0.05, 0.1) is 17.8 Å². The summed E-state index contributed by atoms with van der Waals surface area (Å²) in [5, 5.41) is 14.8. The van der Waals surface area contributed by atoms with Gasteiger partial charge in [-0.2, -0.15) is 5.10 Å². The highest BCUT2D eigenvalue weighted by atomic mass is 16.5. The molecule has 0 aliphatic carbocycles. The van der Waals surface area contributed by atoms with Crippen molar-refractivity contribution in [2.75, 3.05) is 0 Å². The van der Waals surface area contributed by atoms with Gasteiger partial charge in [-0.25, -0.2) is 0 Å². The van der Waals surface area contributed by atoms with Gasteiger partial charge in [-0.1, -0.05) is 53.7 Å². The van der Waals surface area contributed by atoms with Crippen LogP contribution in [0.25, 0.3) is 22.2 Å². The van der Waals surface area contributed by atoms with Crippen LogP contribution in [0.3, 0.4) is 0 Å². The molecule has 6 heteroatoms. The summed E-state index contributed by atoms with van der Waals surface area (Å²) in [6.45, 7) is 0.340. The number of hydrogen-bond donors (Lipinski definition) is 2. The summed E-state index contributed by atoms with van der Waals surface area (Å²) in [6.07, 6.45) is 0. The zero-order chi connectivity index (χ0) is 16.4. The molecule has 0 aliphatic rings. The van der Waals surface area contributed by atoms with Gasteiger partial charge >= 0.3 is 0 Å². The van der Waals surface area contributed by atoms with E-state index >= 15 is 0 Å². The molecule has 0 aliphatic heterocycles. The number of benzene rings is 2. The van der Waals surface area contributed by atoms with Gasteiger partial charge in [0.1, 0.15) is 0 Å². The fourth-order valence-electron chi connectivity index (χ4n) is 2.53. The van der Waals surface area contributed by atoms with Crippen LogP contribution in [0.1, 0.15) is 16.2 Å². The van der Waals surface area contributed by atoms with Crippen molar-refractivity contribution in [1.82, 2.24) is 20.7 Å². The van der Waals surface area contributed by atoms with Gasteiger partial charge in [0.15, 0.2) is 11.5 Å². The maximum atomic E-state index is 12.3. The highest BCUT2D eigenvalue weighted by Crippen LogP contribution is 2.20. The molecule has 4 aromatic rings. The lowest BCUT2D eigenvalue weighted by molar-refractivity contribution is 0.0941. The van der Waals surface area contributed by atoms with Crippen LogP contribution >= 0.6 is 0 Å². The van der Waals surface area contributed by atoms with Crippen molar-refractivity contribution in [2.45, 2.75) is 6.54 Å². The minimum atomic E-state index is -0.292. The Morgan fingerprint density at radius 2 is 1.88 bits per heavy atom. The highest BCUT2D eigenvalue weighted by molar-refractivity contribution is 5.93. The molecule has 0 saturated carbocycles. The smallest absolute Gasteiger partial charge is 0.273 e. The van der Waals surface area contributed by atoms with Gasteiger partial charge < -0.3 is 9.84 Å². The first-order valence-corrected chi connectivity index (χ1v) is 7.53. The van der Waals surface area contributed by atoms with E-state index in [9.17, 15) is 4.79 Å². The lowest BCUT2D eigenvalue weighted by atomic mass is 10.1. The molecule has 1 amide bonds. The number of carbonyl (C=O) groups excluding carboxylic acids is 1. The summed E-state index contributed by atoms with van der Waals surface area (Å²) in [5.74, 6) is 0.271. The molecule has 0 radical (unpaired) electrons. The summed E-state index contributed by atoms with van der Waals surface area (Å²) in [6, 6.07) is 18.9. The number of H-pyrrole nitrogens is 1. The lowest BCUT2D eigenvalue weighted by Crippen LogP contribution is -2.23. The van der Waals surface area contributed by atoms with E-state index in [-0.39, 0.29) is 11.6 Å². The van der Waals surface area contributed by atoms with Crippen LogP contribution in [0.5, 0.6) is 0 Å². The summed E-state index contributed by atoms with van der Waals surface area (Å²) < 4.78 is 5.25. The van der Waals surface area contributed by atoms with Crippen LogP contribution in [0.15, 0.2) is 65.2 Å². The number of amides is 1. The van der Waals surface area contributed by atoms with Crippen LogP contribution in [-0.2, 0) is 6.54 Å². The van der Waals surface area contributed by atoms with Gasteiger partial charge in [-0.15, -0.1) is 0 Å². The number of hydrogen-bond acceptors (Lipinski definition) is 4. The normalized spacial score (nSPS) is 10.8. The predicted molar refractivity (Wildman–Crippen MR) is 89.2 cm³/mol. The van der Waals surface area contributed by atoms with E-state index < -0.39 is 0 Å². The number of para-hydroxylation sites is 1. The molecule has 0 spiro atoms. The van der Waals surface area contributed by atoms with E-state index in [1.807, 2.05) is 54.6 Å². The Hall–Kier alpha value is -3.41. The number of rotatable bonds is 4. The number of fused-ring (bicyclic) bond motifs is 1. The molecule has 6 nitrogen and oxygen atoms in total. The standard InChI is InChI=1S/C18H14N4O2/c23-18(15-10-17(24-22-15)12-6-2-1-3-7-12)19-11-16-13-8-4-5-9-14(13)20-21-16/h1-10H,11H2,(H,19,23)(H,20,21). The minimum Gasteiger partial charge on any atom is -0.355 e. The second-order valence-electron chi connectivity index (χ2n) is 5.34. The summed E-state index contributed by atoms with van der Waals surface area (Å²) in [5.41, 5.74) is 2.85. The SMILES string of the molecule is O=C(NCc1[nH]nc2ccccc12)c1cc(-c2ccccc2)on1. The van der Waals surface area contributed by atoms with Crippen LogP contribution in [0.4, 0.5) is 0 Å². The first-order chi connectivity index (χ1) is 11.8. The second kappa shape index (κ2) is 6.00. The Bertz CT molecular complexity index is 988. The molecule has 0 fully saturated rings. The maximum absolute atomic E-state index is 12.3. The largest absolute Gasteiger partial charge is 0.355 e. The van der Waals surface area contributed by atoms with Gasteiger partial charge in [0.2, 0.25) is 0 Å². The maximum Gasteiger partial charge on any atom is 0.273 e. The molecule has 0 bridgehead atoms. The molecule has 0 atom stereocenters. The van der Waals surface area contributed by atoms with E-state index in [0.717, 1.165) is 22.2 Å². The van der Waals surface area contributed by atoms with E-state index in [1.165, 1.54) is 0 Å². The molecule has 2 N–H and O–H groups in total. The third-order valence-electron chi connectivity index (χ3n) is 3.77. The van der Waals surface area contributed by atoms with Crippen molar-refractivity contribution in [3.8, 4) is 11.3 Å². The van der Waals surface area contributed by atoms with Crippen molar-refractivity contribution in [2.24, 2.45) is 0 Å². The van der Waals surface area contributed by atoms with Crippen molar-refractivity contribution >= 4 is 16.8 Å². The van der Waals surface area contributed by atoms with Crippen molar-refractivity contribution in [1.29, 1.82) is 0 Å². The molecule has 24 heavy (non-hydrogen) atoms. The number of aromatic nitrogens is 3. The average Bonchev–Trinajstić information content (AvgIpc) is 3.28. The highest BCUT2D eigenvalue weighted by Gasteiger charge is 2.14. The van der Waals surface area contributed by atoms with Crippen LogP contribution in [-0.4, -0.2) is 21.3 Å². The molecule has 4 rings (SSSR count). The molecule has 2 aromatic carbocycles. The average molecular weight is 318 g/mol. The first kappa shape index (κ1) is 14.2. The molecule has 2 aromatic heterocycles. The van der Waals surface area contributed by atoms with E-state index in [0.29, 0.717) is 12.3 Å². The Morgan fingerprint density at radius 1 is 1.08 bits per heavy atom. The minimum absolute atomic E-state index is 0.248. The predicted octanol–water partition coefficient (Wildman–Crippen LogP) is 3.15. The third-order valence-corrected chi connectivity index (χ3v) is 3.77. The number of carbonyl (C=O) groups is 1. The van der Waals surface area contributed by atoms with Gasteiger partial charge in [0.25, 0.3) is 5.91 Å². The summed E-state index contributed by atoms with van der Waals surface area (Å²) >= 11 is 0. The first-order valence-electron chi connectivity index (χ1n) is 7.53. The molecule has 2 heterocycles. The number of aromatic amines is 1. The molecule has 118 valence electrons. The van der Waals surface area contributed by atoms with E-state index in [4.69, 9.17) is 4.52 Å². The van der Waals surface area contributed by atoms with E-state index in [2.05, 4.69) is 20.7 Å². The zero-order valence-corrected chi connectivity index (χ0v) is 12.7. The van der Waals surface area contributed by atoms with Crippen molar-refractivity contribution < 1.29 is 9.32 Å². The monoisotopic (exact) mass is 318 g/mol. The fraction of sp³-hybridized carbons (Fsp3) is 0.0556. The molecule has 0 saturated heterocycles. The number of nitrogens with one attached hydrogen (secondary N) is 2. The van der Waals surface area contributed by atoms with Crippen molar-refractivity contribution in [3.05, 3.63) is 72.1 Å². The lowest BCUT2D eigenvalue weighted by Gasteiger charge is -2.00. The van der Waals surface area contributed by atoms with E-state index in [1.54, 1.807) is 6.07 Å². The Labute approximate surface area is 137 Å². The molecular weight excluding hydrogens is 304 g/mol. The second-order valence-corrected chi connectivity index (χ2v) is 5.34. The quantitative estimate of drug-likeness (QED) is 0.605. The van der Waals surface area contributed by atoms with Gasteiger partial charge in [-0.05, 0) is 6.07 Å². The summed E-state index contributed by atoms with van der Waals surface area (Å²) in [4.78, 5) is 12.3.